The number of unbranched alkanes of at least 4 members (excludes halogenated alkanes) is 1. The Morgan fingerprint density at radius 1 is 0.864 bits per heavy atom. The van der Waals surface area contributed by atoms with Gasteiger partial charge in [0.05, 0.1) is 10.6 Å². The number of nitrogens with one attached hydrogen (secondary N) is 1. The Morgan fingerprint density at radius 3 is 2.14 bits per heavy atom. The van der Waals surface area contributed by atoms with E-state index in [0.717, 1.165) is 36.3 Å². The molecule has 0 saturated heterocycles. The summed E-state index contributed by atoms with van der Waals surface area (Å²) in [7, 11) is -4.12. The quantitative estimate of drug-likeness (QED) is 0.113. The third-order valence-corrected chi connectivity index (χ3v) is 10.1. The van der Waals surface area contributed by atoms with Gasteiger partial charge in [-0.3, -0.25) is 13.9 Å². The first-order chi connectivity index (χ1) is 21.2. The lowest BCUT2D eigenvalue weighted by atomic mass is 10.0. The van der Waals surface area contributed by atoms with Crippen LogP contribution in [0.4, 0.5) is 5.69 Å². The fraction of sp³-hybridized carbons (Fsp3) is 0.235. The Labute approximate surface area is 282 Å². The highest BCUT2D eigenvalue weighted by molar-refractivity contribution is 14.1. The number of carbonyl (C=O) groups is 2. The van der Waals surface area contributed by atoms with Crippen molar-refractivity contribution in [1.29, 1.82) is 0 Å². The van der Waals surface area contributed by atoms with E-state index in [2.05, 4.69) is 43.8 Å². The first-order valence-corrected chi connectivity index (χ1v) is 17.7. The van der Waals surface area contributed by atoms with Crippen LogP contribution < -0.4 is 9.62 Å². The van der Waals surface area contributed by atoms with Gasteiger partial charge in [0.25, 0.3) is 10.0 Å². The number of hydrogen-bond acceptors (Lipinski definition) is 4. The summed E-state index contributed by atoms with van der Waals surface area (Å²) in [5.74, 6) is -0.771. The SMILES string of the molecule is CCCCNC(=O)C(Cc1ccccc1)N(Cc1cccc(Br)c1)C(=O)CN(c1ccc(I)cc1)S(=O)(=O)c1ccccc1. The molecule has 4 aromatic carbocycles. The van der Waals surface area contributed by atoms with E-state index in [0.29, 0.717) is 12.2 Å². The Hall–Kier alpha value is -3.22. The van der Waals surface area contributed by atoms with Crippen LogP contribution in [0.2, 0.25) is 0 Å². The second kappa shape index (κ2) is 16.2. The maximum absolute atomic E-state index is 14.5. The molecule has 0 spiro atoms. The van der Waals surface area contributed by atoms with Crippen LogP contribution in [0.5, 0.6) is 0 Å². The van der Waals surface area contributed by atoms with Crippen molar-refractivity contribution in [3.8, 4) is 0 Å². The lowest BCUT2D eigenvalue weighted by Gasteiger charge is -2.34. The van der Waals surface area contributed by atoms with Gasteiger partial charge in [-0.1, -0.05) is 89.9 Å². The molecule has 0 aliphatic rings. The molecule has 0 aromatic heterocycles. The van der Waals surface area contributed by atoms with Crippen LogP contribution in [-0.2, 0) is 32.6 Å². The van der Waals surface area contributed by atoms with E-state index >= 15 is 0 Å². The van der Waals surface area contributed by atoms with Gasteiger partial charge in [0.1, 0.15) is 12.6 Å². The van der Waals surface area contributed by atoms with Crippen LogP contribution in [-0.4, -0.2) is 44.3 Å². The maximum atomic E-state index is 14.5. The molecule has 2 amide bonds. The van der Waals surface area contributed by atoms with Crippen LogP contribution in [0, 0.1) is 3.57 Å². The summed E-state index contributed by atoms with van der Waals surface area (Å²) >= 11 is 5.66. The average molecular weight is 789 g/mol. The molecule has 0 aliphatic heterocycles. The highest BCUT2D eigenvalue weighted by atomic mass is 127. The van der Waals surface area contributed by atoms with Crippen molar-refractivity contribution in [2.75, 3.05) is 17.4 Å². The molecule has 230 valence electrons. The molecule has 7 nitrogen and oxygen atoms in total. The standard InChI is InChI=1S/C34H35BrIN3O4S/c1-2-3-21-37-34(41)32(23-26-11-6-4-7-12-26)38(24-27-13-10-14-28(35)22-27)33(40)25-39(30-19-17-29(36)18-20-30)44(42,43)31-15-8-5-9-16-31/h4-20,22,32H,2-3,21,23-25H2,1H3,(H,37,41). The van der Waals surface area contributed by atoms with E-state index in [1.165, 1.54) is 17.0 Å². The van der Waals surface area contributed by atoms with Crippen molar-refractivity contribution in [1.82, 2.24) is 10.2 Å². The minimum Gasteiger partial charge on any atom is -0.354 e. The van der Waals surface area contributed by atoms with E-state index in [-0.39, 0.29) is 23.8 Å². The molecule has 10 heteroatoms. The first kappa shape index (κ1) is 33.7. The lowest BCUT2D eigenvalue weighted by Crippen LogP contribution is -2.53. The molecule has 4 aromatic rings. The number of benzene rings is 4. The summed E-state index contributed by atoms with van der Waals surface area (Å²) in [5, 5.41) is 3.01. The van der Waals surface area contributed by atoms with Crippen LogP contribution >= 0.6 is 38.5 Å². The van der Waals surface area contributed by atoms with Gasteiger partial charge in [0.2, 0.25) is 11.8 Å². The van der Waals surface area contributed by atoms with Gasteiger partial charge >= 0.3 is 0 Å². The predicted molar refractivity (Wildman–Crippen MR) is 187 cm³/mol. The van der Waals surface area contributed by atoms with Gasteiger partial charge in [0, 0.05) is 27.6 Å². The molecule has 1 atom stereocenters. The van der Waals surface area contributed by atoms with Crippen molar-refractivity contribution in [2.45, 2.75) is 43.7 Å². The number of carbonyl (C=O) groups excluding carboxylic acids is 2. The van der Waals surface area contributed by atoms with Gasteiger partial charge in [-0.2, -0.15) is 0 Å². The molecular weight excluding hydrogens is 753 g/mol. The second-order valence-electron chi connectivity index (χ2n) is 10.3. The van der Waals surface area contributed by atoms with Gasteiger partial charge in [-0.15, -0.1) is 0 Å². The van der Waals surface area contributed by atoms with Gasteiger partial charge in [-0.25, -0.2) is 8.42 Å². The number of halogens is 2. The number of sulfonamides is 1. The maximum Gasteiger partial charge on any atom is 0.264 e. The normalized spacial score (nSPS) is 11.9. The molecule has 0 saturated carbocycles. The average Bonchev–Trinajstić information content (AvgIpc) is 3.03. The summed E-state index contributed by atoms with van der Waals surface area (Å²) in [5.41, 5.74) is 2.05. The summed E-state index contributed by atoms with van der Waals surface area (Å²) in [4.78, 5) is 29.8. The van der Waals surface area contributed by atoms with E-state index < -0.39 is 28.5 Å². The molecule has 0 heterocycles. The zero-order chi connectivity index (χ0) is 31.5. The smallest absolute Gasteiger partial charge is 0.264 e. The Kier molecular flexibility index (Phi) is 12.4. The molecule has 0 radical (unpaired) electrons. The van der Waals surface area contributed by atoms with Crippen molar-refractivity contribution in [3.63, 3.8) is 0 Å². The van der Waals surface area contributed by atoms with Gasteiger partial charge in [0.15, 0.2) is 0 Å². The molecular formula is C34H35BrIN3O4S. The molecule has 0 bridgehead atoms. The topological polar surface area (TPSA) is 86.8 Å². The molecule has 44 heavy (non-hydrogen) atoms. The zero-order valence-corrected chi connectivity index (χ0v) is 29.0. The lowest BCUT2D eigenvalue weighted by molar-refractivity contribution is -0.140. The van der Waals surface area contributed by atoms with E-state index in [9.17, 15) is 18.0 Å². The third-order valence-electron chi connectivity index (χ3n) is 7.07. The Bertz CT molecular complexity index is 1640. The summed E-state index contributed by atoms with van der Waals surface area (Å²) in [6.07, 6.45) is 1.99. The zero-order valence-electron chi connectivity index (χ0n) is 24.4. The van der Waals surface area contributed by atoms with E-state index in [1.807, 2.05) is 61.5 Å². The largest absolute Gasteiger partial charge is 0.354 e. The Balaban J connectivity index is 1.78. The fourth-order valence-electron chi connectivity index (χ4n) is 4.75. The number of anilines is 1. The van der Waals surface area contributed by atoms with Crippen LogP contribution in [0.25, 0.3) is 0 Å². The predicted octanol–water partition coefficient (Wildman–Crippen LogP) is 6.81. The van der Waals surface area contributed by atoms with Crippen molar-refractivity contribution < 1.29 is 18.0 Å². The molecule has 1 unspecified atom stereocenters. The van der Waals surface area contributed by atoms with Crippen LogP contribution in [0.15, 0.2) is 119 Å². The van der Waals surface area contributed by atoms with E-state index in [1.54, 1.807) is 42.5 Å². The molecule has 1 N–H and O–H groups in total. The molecule has 0 fully saturated rings. The summed E-state index contributed by atoms with van der Waals surface area (Å²) in [6, 6.07) is 31.2. The number of rotatable bonds is 14. The number of hydrogen-bond donors (Lipinski definition) is 1. The van der Waals surface area contributed by atoms with Crippen molar-refractivity contribution >= 4 is 66.0 Å². The monoisotopic (exact) mass is 787 g/mol. The highest BCUT2D eigenvalue weighted by Gasteiger charge is 2.34. The summed E-state index contributed by atoms with van der Waals surface area (Å²) in [6.45, 7) is 2.15. The highest BCUT2D eigenvalue weighted by Crippen LogP contribution is 2.26. The molecule has 4 rings (SSSR count). The van der Waals surface area contributed by atoms with Gasteiger partial charge < -0.3 is 10.2 Å². The second-order valence-corrected chi connectivity index (χ2v) is 14.3. The third kappa shape index (κ3) is 9.15. The fourth-order valence-corrected chi connectivity index (χ4v) is 6.99. The minimum atomic E-state index is -4.12. The van der Waals surface area contributed by atoms with E-state index in [4.69, 9.17) is 0 Å². The van der Waals surface area contributed by atoms with Gasteiger partial charge in [-0.05, 0) is 88.7 Å². The Morgan fingerprint density at radius 2 is 1.50 bits per heavy atom. The van der Waals surface area contributed by atoms with Crippen molar-refractivity contribution in [2.24, 2.45) is 0 Å². The number of nitrogens with zero attached hydrogens (tertiary/aromatic N) is 2. The summed E-state index contributed by atoms with van der Waals surface area (Å²) < 4.78 is 30.9. The van der Waals surface area contributed by atoms with Crippen molar-refractivity contribution in [3.05, 3.63) is 128 Å². The van der Waals surface area contributed by atoms with Crippen LogP contribution in [0.3, 0.4) is 0 Å². The molecule has 0 aliphatic carbocycles. The minimum absolute atomic E-state index is 0.0723. The van der Waals surface area contributed by atoms with Crippen LogP contribution in [0.1, 0.15) is 30.9 Å². The number of amides is 2. The first-order valence-electron chi connectivity index (χ1n) is 14.4.